The number of nitrogens with zero attached hydrogens (tertiary/aromatic N) is 2. The average molecular weight is 279 g/mol. The summed E-state index contributed by atoms with van der Waals surface area (Å²) in [7, 11) is 0. The Morgan fingerprint density at radius 1 is 1.50 bits per heavy atom. The fourth-order valence-corrected chi connectivity index (χ4v) is 2.06. The van der Waals surface area contributed by atoms with E-state index < -0.39 is 6.10 Å². The fraction of sp³-hybridized carbons (Fsp3) is 0.429. The molecule has 1 heterocycles. The molecule has 0 unspecified atom stereocenters. The first-order valence-electron chi connectivity index (χ1n) is 6.65. The lowest BCUT2D eigenvalue weighted by Gasteiger charge is -2.12. The molecular formula is C14H18FN3O2. The maximum Gasteiger partial charge on any atom is 0.255 e. The van der Waals surface area contributed by atoms with Crippen molar-refractivity contribution in [1.82, 2.24) is 9.55 Å². The van der Waals surface area contributed by atoms with E-state index in [9.17, 15) is 9.18 Å². The van der Waals surface area contributed by atoms with E-state index >= 15 is 0 Å². The van der Waals surface area contributed by atoms with Crippen molar-refractivity contribution in [2.24, 2.45) is 0 Å². The van der Waals surface area contributed by atoms with Crippen molar-refractivity contribution in [3.63, 3.8) is 0 Å². The van der Waals surface area contributed by atoms with E-state index in [0.717, 1.165) is 5.52 Å². The number of hydrogen-bond donors (Lipinski definition) is 1. The van der Waals surface area contributed by atoms with Crippen LogP contribution in [0.15, 0.2) is 18.2 Å². The van der Waals surface area contributed by atoms with Gasteiger partial charge < -0.3 is 9.30 Å². The molecule has 1 atom stereocenters. The molecule has 2 aromatic rings. The second kappa shape index (κ2) is 6.00. The molecule has 0 aliphatic heterocycles. The molecule has 6 heteroatoms. The smallest absolute Gasteiger partial charge is 0.255 e. The van der Waals surface area contributed by atoms with Crippen molar-refractivity contribution in [2.75, 3.05) is 11.9 Å². The maximum absolute atomic E-state index is 13.2. The van der Waals surface area contributed by atoms with Gasteiger partial charge in [-0.1, -0.05) is 0 Å². The van der Waals surface area contributed by atoms with Crippen LogP contribution < -0.4 is 5.32 Å². The van der Waals surface area contributed by atoms with Gasteiger partial charge in [-0.15, -0.1) is 0 Å². The van der Waals surface area contributed by atoms with Gasteiger partial charge in [-0.25, -0.2) is 9.37 Å². The number of carbonyl (C=O) groups excluding carboxylic acids is 1. The summed E-state index contributed by atoms with van der Waals surface area (Å²) in [5, 5.41) is 2.72. The van der Waals surface area contributed by atoms with Gasteiger partial charge in [0.2, 0.25) is 5.95 Å². The summed E-state index contributed by atoms with van der Waals surface area (Å²) in [6, 6.07) is 4.39. The normalized spacial score (nSPS) is 12.6. The molecule has 0 radical (unpaired) electrons. The zero-order chi connectivity index (χ0) is 14.7. The molecule has 20 heavy (non-hydrogen) atoms. The number of halogens is 1. The molecule has 0 fully saturated rings. The van der Waals surface area contributed by atoms with Gasteiger partial charge in [-0.3, -0.25) is 10.1 Å². The zero-order valence-electron chi connectivity index (χ0n) is 11.8. The highest BCUT2D eigenvalue weighted by molar-refractivity contribution is 5.94. The molecule has 0 bridgehead atoms. The lowest BCUT2D eigenvalue weighted by atomic mass is 10.3. The lowest BCUT2D eigenvalue weighted by Crippen LogP contribution is -2.29. The zero-order valence-corrected chi connectivity index (χ0v) is 11.8. The van der Waals surface area contributed by atoms with E-state index in [1.807, 2.05) is 18.4 Å². The van der Waals surface area contributed by atoms with E-state index in [4.69, 9.17) is 4.74 Å². The van der Waals surface area contributed by atoms with E-state index in [2.05, 4.69) is 10.3 Å². The van der Waals surface area contributed by atoms with Crippen molar-refractivity contribution in [2.45, 2.75) is 33.4 Å². The van der Waals surface area contributed by atoms with Crippen LogP contribution in [-0.4, -0.2) is 28.2 Å². The van der Waals surface area contributed by atoms with Crippen molar-refractivity contribution in [3.8, 4) is 0 Å². The second-order valence-electron chi connectivity index (χ2n) is 4.40. The van der Waals surface area contributed by atoms with Crippen LogP contribution in [-0.2, 0) is 16.1 Å². The minimum Gasteiger partial charge on any atom is -0.369 e. The number of rotatable bonds is 5. The summed E-state index contributed by atoms with van der Waals surface area (Å²) in [5.74, 6) is -0.208. The molecule has 0 aliphatic rings. The number of carbonyl (C=O) groups is 1. The standard InChI is InChI=1S/C14H18FN3O2/c1-4-18-12-7-6-10(15)8-11(12)16-14(18)17-13(19)9(3)20-5-2/h6-9H,4-5H2,1-3H3,(H,16,17,19)/t9-/m1/s1. The number of anilines is 1. The van der Waals surface area contributed by atoms with Gasteiger partial charge in [0.05, 0.1) is 11.0 Å². The predicted molar refractivity (Wildman–Crippen MR) is 75.1 cm³/mol. The Morgan fingerprint density at radius 2 is 2.25 bits per heavy atom. The van der Waals surface area contributed by atoms with Crippen LogP contribution in [0.4, 0.5) is 10.3 Å². The first-order chi connectivity index (χ1) is 9.56. The third-order valence-corrected chi connectivity index (χ3v) is 3.05. The Balaban J connectivity index is 2.32. The molecule has 0 spiro atoms. The minimum atomic E-state index is -0.554. The molecular weight excluding hydrogens is 261 g/mol. The van der Waals surface area contributed by atoms with Gasteiger partial charge in [-0.05, 0) is 32.9 Å². The van der Waals surface area contributed by atoms with E-state index in [1.54, 1.807) is 13.0 Å². The molecule has 1 N–H and O–H groups in total. The molecule has 2 rings (SSSR count). The van der Waals surface area contributed by atoms with E-state index in [-0.39, 0.29) is 11.7 Å². The number of aryl methyl sites for hydroxylation is 1. The topological polar surface area (TPSA) is 56.1 Å². The van der Waals surface area contributed by atoms with Gasteiger partial charge in [0.1, 0.15) is 11.9 Å². The number of fused-ring (bicyclic) bond motifs is 1. The van der Waals surface area contributed by atoms with Gasteiger partial charge in [0, 0.05) is 19.2 Å². The molecule has 0 aliphatic carbocycles. The predicted octanol–water partition coefficient (Wildman–Crippen LogP) is 2.56. The first-order valence-corrected chi connectivity index (χ1v) is 6.65. The monoisotopic (exact) mass is 279 g/mol. The summed E-state index contributed by atoms with van der Waals surface area (Å²) in [5.41, 5.74) is 1.31. The maximum atomic E-state index is 13.2. The molecule has 0 saturated carbocycles. The van der Waals surface area contributed by atoms with E-state index in [1.165, 1.54) is 12.1 Å². The first kappa shape index (κ1) is 14.5. The highest BCUT2D eigenvalue weighted by Gasteiger charge is 2.17. The SMILES string of the molecule is CCO[C@H](C)C(=O)Nc1nc2cc(F)ccc2n1CC. The van der Waals surface area contributed by atoms with Crippen molar-refractivity contribution in [1.29, 1.82) is 0 Å². The van der Waals surface area contributed by atoms with Gasteiger partial charge >= 0.3 is 0 Å². The number of imidazole rings is 1. The number of nitrogens with one attached hydrogen (secondary N) is 1. The van der Waals surface area contributed by atoms with Crippen LogP contribution in [0.2, 0.25) is 0 Å². The van der Waals surface area contributed by atoms with Crippen LogP contribution in [0.1, 0.15) is 20.8 Å². The highest BCUT2D eigenvalue weighted by Crippen LogP contribution is 2.20. The van der Waals surface area contributed by atoms with Crippen molar-refractivity contribution in [3.05, 3.63) is 24.0 Å². The Bertz CT molecular complexity index is 624. The molecule has 0 saturated heterocycles. The van der Waals surface area contributed by atoms with Gasteiger partial charge in [0.25, 0.3) is 5.91 Å². The summed E-state index contributed by atoms with van der Waals surface area (Å²) in [6.07, 6.45) is -0.554. The number of aromatic nitrogens is 2. The van der Waals surface area contributed by atoms with Crippen molar-refractivity contribution < 1.29 is 13.9 Å². The summed E-state index contributed by atoms with van der Waals surface area (Å²) in [4.78, 5) is 16.2. The van der Waals surface area contributed by atoms with Crippen LogP contribution in [0.5, 0.6) is 0 Å². The molecule has 1 aromatic heterocycles. The molecule has 1 amide bonds. The van der Waals surface area contributed by atoms with Crippen LogP contribution in [0.25, 0.3) is 11.0 Å². The Morgan fingerprint density at radius 3 is 2.90 bits per heavy atom. The molecule has 1 aromatic carbocycles. The molecule has 108 valence electrons. The number of hydrogen-bond acceptors (Lipinski definition) is 3. The van der Waals surface area contributed by atoms with Crippen LogP contribution >= 0.6 is 0 Å². The minimum absolute atomic E-state index is 0.266. The lowest BCUT2D eigenvalue weighted by molar-refractivity contribution is -0.126. The number of ether oxygens (including phenoxy) is 1. The summed E-state index contributed by atoms with van der Waals surface area (Å²) in [6.45, 7) is 6.53. The van der Waals surface area contributed by atoms with Gasteiger partial charge in [0.15, 0.2) is 0 Å². The van der Waals surface area contributed by atoms with Crippen LogP contribution in [0, 0.1) is 5.82 Å². The number of benzene rings is 1. The summed E-state index contributed by atoms with van der Waals surface area (Å²) < 4.78 is 20.3. The third kappa shape index (κ3) is 2.80. The quantitative estimate of drug-likeness (QED) is 0.915. The van der Waals surface area contributed by atoms with E-state index in [0.29, 0.717) is 24.6 Å². The Labute approximate surface area is 116 Å². The Hall–Kier alpha value is -1.95. The molecule has 5 nitrogen and oxygen atoms in total. The summed E-state index contributed by atoms with van der Waals surface area (Å²) >= 11 is 0. The number of amides is 1. The van der Waals surface area contributed by atoms with Crippen LogP contribution in [0.3, 0.4) is 0 Å². The van der Waals surface area contributed by atoms with Gasteiger partial charge in [-0.2, -0.15) is 0 Å². The fourth-order valence-electron chi connectivity index (χ4n) is 2.06. The Kier molecular flexibility index (Phi) is 4.34. The third-order valence-electron chi connectivity index (χ3n) is 3.05. The largest absolute Gasteiger partial charge is 0.369 e. The average Bonchev–Trinajstić information content (AvgIpc) is 2.74. The highest BCUT2D eigenvalue weighted by atomic mass is 19.1. The van der Waals surface area contributed by atoms with Crippen molar-refractivity contribution >= 4 is 22.9 Å². The second-order valence-corrected chi connectivity index (χ2v) is 4.40.